The molecule has 0 radical (unpaired) electrons. The van der Waals surface area contributed by atoms with Crippen LogP contribution in [0.15, 0.2) is 46.4 Å². The van der Waals surface area contributed by atoms with Crippen LogP contribution in [0.1, 0.15) is 250 Å². The molecule has 2 aromatic rings. The van der Waals surface area contributed by atoms with Crippen LogP contribution in [0.3, 0.4) is 0 Å². The summed E-state index contributed by atoms with van der Waals surface area (Å²) in [5.74, 6) is 7.35. The fraction of sp³-hybridized carbons (Fsp3) is 0.709. The first-order valence-electron chi connectivity index (χ1n) is 25.0. The van der Waals surface area contributed by atoms with Crippen molar-refractivity contribution in [3.63, 3.8) is 0 Å². The average molecular weight is 838 g/mol. The SMILES string of the molecule is CCCCCCCCCCCC#CC(=N\c1cc(CCCCC)cc(CCCCC)c1)/C(CCCCCCCC)=N/c1cc(CCCCC)cc(CCCCC)c1.[Ni]. The van der Waals surface area contributed by atoms with Gasteiger partial charge in [0.05, 0.1) is 17.1 Å². The molecule has 0 saturated heterocycles. The van der Waals surface area contributed by atoms with Crippen molar-refractivity contribution < 1.29 is 16.5 Å². The maximum atomic E-state index is 5.59. The Kier molecular flexibility index (Phi) is 35.1. The zero-order chi connectivity index (χ0) is 41.0. The van der Waals surface area contributed by atoms with Crippen molar-refractivity contribution >= 4 is 22.8 Å². The van der Waals surface area contributed by atoms with Crippen molar-refractivity contribution in [2.45, 2.75) is 253 Å². The van der Waals surface area contributed by atoms with Gasteiger partial charge in [0, 0.05) is 22.9 Å². The smallest absolute Gasteiger partial charge is 0.135 e. The third kappa shape index (κ3) is 26.8. The van der Waals surface area contributed by atoms with Crippen molar-refractivity contribution in [3.05, 3.63) is 58.7 Å². The van der Waals surface area contributed by atoms with E-state index in [2.05, 4.69) is 89.8 Å². The van der Waals surface area contributed by atoms with Gasteiger partial charge in [0.1, 0.15) is 5.71 Å². The standard InChI is InChI=1S/C55H90N2.Ni/c1-7-13-19-21-23-24-25-26-27-29-35-41-55(57-53-46-50(38-32-17-11-5)43-51(47-53)39-33-18-12-6)54(40-34-28-22-20-14-8-2)56-52-44-48(36-30-15-9-3)42-49(45-52)37-31-16-10-4;/h42-47H,7-34,36-40H2,1-6H3;/b56-54+,57-55+;. The van der Waals surface area contributed by atoms with E-state index in [1.165, 1.54) is 189 Å². The third-order valence-corrected chi connectivity index (χ3v) is 11.5. The normalized spacial score (nSPS) is 11.8. The largest absolute Gasteiger partial charge is 0.250 e. The predicted molar refractivity (Wildman–Crippen MR) is 258 cm³/mol. The maximum Gasteiger partial charge on any atom is 0.135 e. The molecule has 330 valence electrons. The summed E-state index contributed by atoms with van der Waals surface area (Å²) in [4.78, 5) is 11.1. The van der Waals surface area contributed by atoms with Gasteiger partial charge in [-0.05, 0) is 123 Å². The van der Waals surface area contributed by atoms with E-state index < -0.39 is 0 Å². The van der Waals surface area contributed by atoms with Gasteiger partial charge in [0.25, 0.3) is 0 Å². The minimum absolute atomic E-state index is 0. The number of unbranched alkanes of at least 4 members (excludes halogenated alkanes) is 22. The monoisotopic (exact) mass is 837 g/mol. The topological polar surface area (TPSA) is 24.7 Å². The van der Waals surface area contributed by atoms with Gasteiger partial charge in [0.15, 0.2) is 0 Å². The molecule has 0 fully saturated rings. The molecule has 0 aromatic heterocycles. The Balaban J connectivity index is 0.0000168. The minimum atomic E-state index is 0. The molecule has 0 aliphatic heterocycles. The van der Waals surface area contributed by atoms with Crippen LogP contribution in [0, 0.1) is 11.8 Å². The van der Waals surface area contributed by atoms with Gasteiger partial charge in [-0.3, -0.25) is 4.99 Å². The quantitative estimate of drug-likeness (QED) is 0.0286. The van der Waals surface area contributed by atoms with Gasteiger partial charge < -0.3 is 0 Å². The number of aryl methyl sites for hydroxylation is 4. The number of nitrogens with zero attached hydrogens (tertiary/aromatic N) is 2. The van der Waals surface area contributed by atoms with Gasteiger partial charge in [-0.1, -0.05) is 194 Å². The Morgan fingerprint density at radius 2 is 0.707 bits per heavy atom. The molecule has 0 amide bonds. The van der Waals surface area contributed by atoms with Crippen LogP contribution < -0.4 is 0 Å². The van der Waals surface area contributed by atoms with E-state index in [1.54, 1.807) is 0 Å². The summed E-state index contributed by atoms with van der Waals surface area (Å²) in [5.41, 5.74) is 9.95. The Morgan fingerprint density at radius 3 is 1.10 bits per heavy atom. The van der Waals surface area contributed by atoms with Crippen LogP contribution in [-0.4, -0.2) is 11.4 Å². The zero-order valence-electron chi connectivity index (χ0n) is 39.0. The summed E-state index contributed by atoms with van der Waals surface area (Å²) in [7, 11) is 0. The molecule has 2 nitrogen and oxygen atoms in total. The summed E-state index contributed by atoms with van der Waals surface area (Å²) in [5, 5.41) is 0. The maximum absolute atomic E-state index is 5.59. The van der Waals surface area contributed by atoms with Crippen LogP contribution >= 0.6 is 0 Å². The van der Waals surface area contributed by atoms with Crippen molar-refractivity contribution in [2.75, 3.05) is 0 Å². The van der Waals surface area contributed by atoms with E-state index in [9.17, 15) is 0 Å². The molecule has 0 bridgehead atoms. The first-order chi connectivity index (χ1) is 28.1. The van der Waals surface area contributed by atoms with E-state index in [-0.39, 0.29) is 16.5 Å². The van der Waals surface area contributed by atoms with Crippen molar-refractivity contribution in [2.24, 2.45) is 9.98 Å². The summed E-state index contributed by atoms with van der Waals surface area (Å²) in [6, 6.07) is 14.4. The Bertz CT molecular complexity index is 1350. The minimum Gasteiger partial charge on any atom is -0.250 e. The number of hydrogen-bond donors (Lipinski definition) is 0. The Labute approximate surface area is 371 Å². The fourth-order valence-electron chi connectivity index (χ4n) is 7.93. The zero-order valence-corrected chi connectivity index (χ0v) is 40.0. The molecule has 0 spiro atoms. The molecule has 0 saturated carbocycles. The fourth-order valence-corrected chi connectivity index (χ4v) is 7.93. The van der Waals surface area contributed by atoms with Crippen LogP contribution in [0.2, 0.25) is 0 Å². The van der Waals surface area contributed by atoms with Crippen molar-refractivity contribution in [1.29, 1.82) is 0 Å². The molecule has 0 unspecified atom stereocenters. The summed E-state index contributed by atoms with van der Waals surface area (Å²) in [6.45, 7) is 13.8. The van der Waals surface area contributed by atoms with Gasteiger partial charge in [-0.25, -0.2) is 4.99 Å². The number of benzene rings is 2. The average Bonchev–Trinajstić information content (AvgIpc) is 3.21. The van der Waals surface area contributed by atoms with Crippen molar-refractivity contribution in [1.82, 2.24) is 0 Å². The van der Waals surface area contributed by atoms with Gasteiger partial charge in [-0.2, -0.15) is 0 Å². The van der Waals surface area contributed by atoms with Gasteiger partial charge in [-0.15, -0.1) is 0 Å². The molecular weight excluding hydrogens is 747 g/mol. The Hall–Kier alpha value is -2.17. The van der Waals surface area contributed by atoms with Crippen LogP contribution in [0.25, 0.3) is 0 Å². The number of rotatable bonds is 35. The molecule has 0 N–H and O–H groups in total. The molecule has 0 atom stereocenters. The molecule has 3 heteroatoms. The summed E-state index contributed by atoms with van der Waals surface area (Å²) < 4.78 is 0. The van der Waals surface area contributed by atoms with E-state index in [0.29, 0.717) is 0 Å². The molecule has 58 heavy (non-hydrogen) atoms. The van der Waals surface area contributed by atoms with E-state index in [4.69, 9.17) is 9.98 Å². The van der Waals surface area contributed by atoms with Crippen molar-refractivity contribution in [3.8, 4) is 11.8 Å². The second-order valence-corrected chi connectivity index (χ2v) is 17.3. The predicted octanol–water partition coefficient (Wildman–Crippen LogP) is 18.1. The van der Waals surface area contributed by atoms with E-state index in [0.717, 1.165) is 67.7 Å². The third-order valence-electron chi connectivity index (χ3n) is 11.5. The van der Waals surface area contributed by atoms with Gasteiger partial charge >= 0.3 is 0 Å². The van der Waals surface area contributed by atoms with Crippen LogP contribution in [0.4, 0.5) is 11.4 Å². The number of aliphatic imine (C=N–C) groups is 2. The first-order valence-corrected chi connectivity index (χ1v) is 25.0. The molecule has 0 aliphatic carbocycles. The van der Waals surface area contributed by atoms with E-state index >= 15 is 0 Å². The Morgan fingerprint density at radius 1 is 0.379 bits per heavy atom. The molecule has 2 aromatic carbocycles. The van der Waals surface area contributed by atoms with E-state index in [1.807, 2.05) is 0 Å². The summed E-state index contributed by atoms with van der Waals surface area (Å²) in [6.07, 6.45) is 41.2. The number of hydrogen-bond acceptors (Lipinski definition) is 2. The summed E-state index contributed by atoms with van der Waals surface area (Å²) >= 11 is 0. The molecule has 0 aliphatic rings. The van der Waals surface area contributed by atoms with Crippen LogP contribution in [0.5, 0.6) is 0 Å². The molecule has 0 heterocycles. The molecule has 2 rings (SSSR count). The first kappa shape index (κ1) is 53.9. The van der Waals surface area contributed by atoms with Crippen LogP contribution in [-0.2, 0) is 42.2 Å². The second kappa shape index (κ2) is 37.8. The van der Waals surface area contributed by atoms with Gasteiger partial charge in [0.2, 0.25) is 0 Å². The second-order valence-electron chi connectivity index (χ2n) is 17.3. The molecular formula is C55H90N2Ni.